The molecule has 0 radical (unpaired) electrons. The van der Waals surface area contributed by atoms with E-state index in [0.29, 0.717) is 0 Å². The summed E-state index contributed by atoms with van der Waals surface area (Å²) >= 11 is 3.94. The molecule has 4 atom stereocenters. The number of hydrogen-bond donors (Lipinski definition) is 5. The van der Waals surface area contributed by atoms with Gasteiger partial charge in [-0.3, -0.25) is 19.3 Å². The summed E-state index contributed by atoms with van der Waals surface area (Å²) in [7, 11) is 0. The number of aliphatic hydroxyl groups excluding tert-OH is 3. The van der Waals surface area contributed by atoms with E-state index < -0.39 is 48.0 Å². The first kappa shape index (κ1) is 19.5. The summed E-state index contributed by atoms with van der Waals surface area (Å²) in [6.45, 7) is -1.37. The van der Waals surface area contributed by atoms with Gasteiger partial charge < -0.3 is 15.3 Å². The summed E-state index contributed by atoms with van der Waals surface area (Å²) < 4.78 is 12.1. The molecule has 0 spiro atoms. The molecule has 1 heterocycles. The average molecular weight is 351 g/mol. The van der Waals surface area contributed by atoms with Gasteiger partial charge in [0.15, 0.2) is 0 Å². The van der Waals surface area contributed by atoms with Crippen molar-refractivity contribution in [3.05, 3.63) is 0 Å². The zero-order valence-electron chi connectivity index (χ0n) is 12.0. The molecule has 23 heavy (non-hydrogen) atoms. The molecule has 1 saturated heterocycles. The number of amides is 3. The maximum absolute atomic E-state index is 12.1. The summed E-state index contributed by atoms with van der Waals surface area (Å²) in [5.41, 5.74) is 2.01. The quantitative estimate of drug-likeness (QED) is 0.143. The number of nitrogens with zero attached hydrogens (tertiary/aromatic N) is 2. The third kappa shape index (κ3) is 5.53. The van der Waals surface area contributed by atoms with Crippen LogP contribution < -0.4 is 5.43 Å². The van der Waals surface area contributed by atoms with Crippen LogP contribution >= 0.6 is 12.6 Å². The van der Waals surface area contributed by atoms with Gasteiger partial charge in [0.2, 0.25) is 17.7 Å². The first-order valence-corrected chi connectivity index (χ1v) is 7.24. The van der Waals surface area contributed by atoms with Crippen LogP contribution in [0.5, 0.6) is 0 Å². The molecule has 9 nitrogen and oxygen atoms in total. The van der Waals surface area contributed by atoms with Crippen molar-refractivity contribution in [2.75, 3.05) is 13.2 Å². The van der Waals surface area contributed by atoms with E-state index in [0.717, 1.165) is 11.1 Å². The van der Waals surface area contributed by atoms with E-state index in [1.807, 2.05) is 5.43 Å². The third-order valence-electron chi connectivity index (χ3n) is 3.10. The number of hydrazone groups is 1. The van der Waals surface area contributed by atoms with E-state index in [1.54, 1.807) is 0 Å². The van der Waals surface area contributed by atoms with E-state index >= 15 is 0 Å². The Morgan fingerprint density at radius 1 is 1.48 bits per heavy atom. The van der Waals surface area contributed by atoms with Crippen LogP contribution in [0.25, 0.3) is 0 Å². The number of likely N-dealkylation sites (tertiary alicyclic amines) is 1. The number of imide groups is 1. The van der Waals surface area contributed by atoms with E-state index in [-0.39, 0.29) is 19.4 Å². The van der Waals surface area contributed by atoms with Crippen molar-refractivity contribution >= 4 is 36.6 Å². The Labute approximate surface area is 136 Å². The van der Waals surface area contributed by atoms with Crippen molar-refractivity contribution in [1.82, 2.24) is 10.3 Å². The highest BCUT2D eigenvalue weighted by atomic mass is 32.1. The smallest absolute Gasteiger partial charge is 0.242 e. The lowest BCUT2D eigenvalue weighted by atomic mass is 10.1. The van der Waals surface area contributed by atoms with Gasteiger partial charge in [0.05, 0.1) is 11.5 Å². The number of thiol groups is 1. The molecule has 11 heteroatoms. The zero-order valence-corrected chi connectivity index (χ0v) is 12.9. The molecule has 4 N–H and O–H groups in total. The molecule has 0 bridgehead atoms. The number of rotatable bonds is 8. The zero-order chi connectivity index (χ0) is 17.6. The topological polar surface area (TPSA) is 140 Å². The monoisotopic (exact) mass is 351 g/mol. The molecule has 130 valence electrons. The molecule has 1 aliphatic rings. The summed E-state index contributed by atoms with van der Waals surface area (Å²) in [4.78, 5) is 35.4. The van der Waals surface area contributed by atoms with Gasteiger partial charge >= 0.3 is 0 Å². The summed E-state index contributed by atoms with van der Waals surface area (Å²) in [6.07, 6.45) is -4.73. The van der Waals surface area contributed by atoms with E-state index in [1.165, 1.54) is 0 Å². The molecule has 0 aromatic heterocycles. The van der Waals surface area contributed by atoms with Crippen molar-refractivity contribution in [3.8, 4) is 0 Å². The molecule has 0 aromatic rings. The maximum Gasteiger partial charge on any atom is 0.242 e. The van der Waals surface area contributed by atoms with E-state index in [4.69, 9.17) is 5.11 Å². The summed E-state index contributed by atoms with van der Waals surface area (Å²) in [5.74, 6) is -1.52. The second kappa shape index (κ2) is 8.91. The fraction of sp³-hybridized carbons (Fsp3) is 0.667. The highest BCUT2D eigenvalue weighted by Gasteiger charge is 2.36. The fourth-order valence-electron chi connectivity index (χ4n) is 1.76. The van der Waals surface area contributed by atoms with Gasteiger partial charge in [0.25, 0.3) is 0 Å². The number of aliphatic hydroxyl groups is 3. The van der Waals surface area contributed by atoms with Crippen molar-refractivity contribution < 1.29 is 34.1 Å². The second-order valence-corrected chi connectivity index (χ2v) is 5.49. The summed E-state index contributed by atoms with van der Waals surface area (Å²) in [6, 6.07) is 0. The number of carbonyl (C=O) groups excluding carboxylic acids is 3. The van der Waals surface area contributed by atoms with Gasteiger partial charge in [0.1, 0.15) is 25.0 Å². The van der Waals surface area contributed by atoms with Crippen LogP contribution in [0.3, 0.4) is 0 Å². The van der Waals surface area contributed by atoms with Crippen molar-refractivity contribution in [2.45, 2.75) is 36.4 Å². The van der Waals surface area contributed by atoms with Crippen LogP contribution in [0.4, 0.5) is 4.39 Å². The van der Waals surface area contributed by atoms with E-state index in [2.05, 4.69) is 17.7 Å². The first-order chi connectivity index (χ1) is 10.8. The predicted molar refractivity (Wildman–Crippen MR) is 79.4 cm³/mol. The number of alkyl halides is 1. The number of hydrogen-bond acceptors (Lipinski definition) is 8. The Balaban J connectivity index is 2.36. The SMILES string of the molecule is O=C(CCN1C(=O)CC(S)C1=O)N/N=C/[C@H](O)[C@H](O)[C@H](O)CF. The van der Waals surface area contributed by atoms with Crippen molar-refractivity contribution in [3.63, 3.8) is 0 Å². The van der Waals surface area contributed by atoms with Gasteiger partial charge in [-0.2, -0.15) is 17.7 Å². The molecule has 1 unspecified atom stereocenters. The average Bonchev–Trinajstić information content (AvgIpc) is 2.76. The minimum Gasteiger partial charge on any atom is -0.388 e. The molecule has 1 rings (SSSR count). The minimum absolute atomic E-state index is 0.0112. The van der Waals surface area contributed by atoms with Gasteiger partial charge in [-0.1, -0.05) is 0 Å². The molecule has 1 fully saturated rings. The first-order valence-electron chi connectivity index (χ1n) is 6.72. The molecule has 3 amide bonds. The Kier molecular flexibility index (Phi) is 7.55. The third-order valence-corrected chi connectivity index (χ3v) is 3.50. The standard InChI is InChI=1S/C12H18FN3O6S/c13-4-6(17)11(21)7(18)5-14-15-9(19)1-2-16-10(20)3-8(23)12(16)22/h5-8,11,17-18,21,23H,1-4H2,(H,15,19)/b14-5+/t6-,7+,8?,11-/m1/s1. The molecule has 1 aliphatic heterocycles. The largest absolute Gasteiger partial charge is 0.388 e. The van der Waals surface area contributed by atoms with Crippen LogP contribution in [0.2, 0.25) is 0 Å². The maximum atomic E-state index is 12.1. The van der Waals surface area contributed by atoms with Crippen LogP contribution in [0.15, 0.2) is 5.10 Å². The van der Waals surface area contributed by atoms with Crippen LogP contribution in [0.1, 0.15) is 12.8 Å². The fourth-order valence-corrected chi connectivity index (χ4v) is 2.06. The van der Waals surface area contributed by atoms with Crippen LogP contribution in [0, 0.1) is 0 Å². The Bertz CT molecular complexity index is 491. The second-order valence-electron chi connectivity index (χ2n) is 4.87. The molecule has 0 saturated carbocycles. The lowest BCUT2D eigenvalue weighted by molar-refractivity contribution is -0.138. The van der Waals surface area contributed by atoms with Crippen LogP contribution in [-0.4, -0.2) is 80.9 Å². The normalized spacial score (nSPS) is 22.5. The Hall–Kier alpha value is -1.56. The summed E-state index contributed by atoms with van der Waals surface area (Å²) in [5, 5.41) is 30.2. The number of carbonyl (C=O) groups is 3. The molecule has 0 aliphatic carbocycles. The number of halogens is 1. The lowest BCUT2D eigenvalue weighted by Gasteiger charge is -2.17. The van der Waals surface area contributed by atoms with Crippen molar-refractivity contribution in [1.29, 1.82) is 0 Å². The highest BCUT2D eigenvalue weighted by molar-refractivity contribution is 7.81. The van der Waals surface area contributed by atoms with Crippen molar-refractivity contribution in [2.24, 2.45) is 5.10 Å². The molecular weight excluding hydrogens is 333 g/mol. The Morgan fingerprint density at radius 2 is 2.13 bits per heavy atom. The highest BCUT2D eigenvalue weighted by Crippen LogP contribution is 2.17. The van der Waals surface area contributed by atoms with Gasteiger partial charge in [-0.25, -0.2) is 9.82 Å². The Morgan fingerprint density at radius 3 is 2.65 bits per heavy atom. The van der Waals surface area contributed by atoms with Crippen LogP contribution in [-0.2, 0) is 14.4 Å². The van der Waals surface area contributed by atoms with Gasteiger partial charge in [-0.15, -0.1) is 0 Å². The van der Waals surface area contributed by atoms with E-state index in [9.17, 15) is 29.0 Å². The minimum atomic E-state index is -1.78. The lowest BCUT2D eigenvalue weighted by Crippen LogP contribution is -2.40. The van der Waals surface area contributed by atoms with Gasteiger partial charge in [-0.05, 0) is 0 Å². The number of nitrogens with one attached hydrogen (secondary N) is 1. The molecule has 0 aromatic carbocycles. The predicted octanol–water partition coefficient (Wildman–Crippen LogP) is -2.41. The van der Waals surface area contributed by atoms with Gasteiger partial charge in [0, 0.05) is 19.4 Å². The molecular formula is C12H18FN3O6S.